The van der Waals surface area contributed by atoms with Crippen LogP contribution in [0.2, 0.25) is 0 Å². The van der Waals surface area contributed by atoms with Crippen molar-refractivity contribution in [1.82, 2.24) is 0 Å². The zero-order valence-electron chi connectivity index (χ0n) is 18.6. The summed E-state index contributed by atoms with van der Waals surface area (Å²) in [7, 11) is 0. The summed E-state index contributed by atoms with van der Waals surface area (Å²) in [5.74, 6) is 1.16. The molecule has 0 amide bonds. The molecule has 156 valence electrons. The van der Waals surface area contributed by atoms with Gasteiger partial charge in [0.1, 0.15) is 17.3 Å². The molecule has 3 heteroatoms. The van der Waals surface area contributed by atoms with Gasteiger partial charge >= 0.3 is 0 Å². The van der Waals surface area contributed by atoms with Crippen LogP contribution in [-0.4, -0.2) is 17.3 Å². The van der Waals surface area contributed by atoms with Crippen LogP contribution in [0.3, 0.4) is 0 Å². The molecule has 0 radical (unpaired) electrons. The fraction of sp³-hybridized carbons (Fsp3) is 0.870. The van der Waals surface area contributed by atoms with Gasteiger partial charge in [0, 0.05) is 32.1 Å². The van der Waals surface area contributed by atoms with E-state index in [1.54, 1.807) is 6.92 Å². The number of hydrogen-bond donors (Lipinski definition) is 0. The lowest BCUT2D eigenvalue weighted by Crippen LogP contribution is -1.96. The summed E-state index contributed by atoms with van der Waals surface area (Å²) in [5.41, 5.74) is 0. The van der Waals surface area contributed by atoms with Gasteiger partial charge in [-0.3, -0.25) is 9.59 Å². The van der Waals surface area contributed by atoms with Crippen molar-refractivity contribution in [2.75, 3.05) is 0 Å². The highest BCUT2D eigenvalue weighted by atomic mass is 16.1. The molecular formula is C23H46O3. The summed E-state index contributed by atoms with van der Waals surface area (Å²) in [4.78, 5) is 31.9. The molecule has 0 atom stereocenters. The molecule has 0 rings (SSSR count). The Labute approximate surface area is 163 Å². The molecule has 0 aliphatic heterocycles. The largest absolute Gasteiger partial charge is 0.300 e. The van der Waals surface area contributed by atoms with Gasteiger partial charge < -0.3 is 4.79 Å². The molecule has 0 aromatic carbocycles. The van der Waals surface area contributed by atoms with Gasteiger partial charge in [-0.15, -0.1) is 0 Å². The molecule has 0 aromatic rings. The van der Waals surface area contributed by atoms with E-state index in [1.165, 1.54) is 12.8 Å². The van der Waals surface area contributed by atoms with Crippen molar-refractivity contribution in [2.45, 2.75) is 131 Å². The van der Waals surface area contributed by atoms with E-state index in [1.807, 2.05) is 6.92 Å². The number of rotatable bonds is 14. The Balaban J connectivity index is -0.000000308. The minimum atomic E-state index is 0.318. The van der Waals surface area contributed by atoms with Crippen LogP contribution in [0.5, 0.6) is 0 Å². The number of carbonyl (C=O) groups excluding carboxylic acids is 3. The summed E-state index contributed by atoms with van der Waals surface area (Å²) in [6.07, 6.45) is 14.0. The molecule has 0 aromatic heterocycles. The number of Topliss-reactive ketones (excluding diaryl/α,β-unsaturated/α-hetero) is 3. The van der Waals surface area contributed by atoms with E-state index in [9.17, 15) is 14.4 Å². The molecule has 0 aliphatic rings. The Morgan fingerprint density at radius 2 is 0.885 bits per heavy atom. The maximum atomic E-state index is 11.0. The van der Waals surface area contributed by atoms with E-state index in [-0.39, 0.29) is 0 Å². The monoisotopic (exact) mass is 370 g/mol. The zero-order valence-corrected chi connectivity index (χ0v) is 18.6. The summed E-state index contributed by atoms with van der Waals surface area (Å²) < 4.78 is 0. The second-order valence-electron chi connectivity index (χ2n) is 6.90. The van der Waals surface area contributed by atoms with Crippen molar-refractivity contribution in [3.8, 4) is 0 Å². The smallest absolute Gasteiger partial charge is 0.132 e. The molecule has 0 spiro atoms. The lowest BCUT2D eigenvalue weighted by atomic mass is 10.1. The summed E-state index contributed by atoms with van der Waals surface area (Å²) in [6.45, 7) is 12.0. The number of ketones is 3. The third-order valence-electron chi connectivity index (χ3n) is 3.95. The van der Waals surface area contributed by atoms with E-state index in [2.05, 4.69) is 27.7 Å². The molecule has 26 heavy (non-hydrogen) atoms. The van der Waals surface area contributed by atoms with Crippen molar-refractivity contribution in [2.24, 2.45) is 0 Å². The molecule has 0 fully saturated rings. The summed E-state index contributed by atoms with van der Waals surface area (Å²) in [6, 6.07) is 0. The lowest BCUT2D eigenvalue weighted by molar-refractivity contribution is -0.119. The Morgan fingerprint density at radius 1 is 0.500 bits per heavy atom. The predicted molar refractivity (Wildman–Crippen MR) is 114 cm³/mol. The van der Waals surface area contributed by atoms with Gasteiger partial charge in [-0.25, -0.2) is 0 Å². The first-order chi connectivity index (χ1) is 12.4. The molecule has 0 N–H and O–H groups in total. The van der Waals surface area contributed by atoms with Crippen molar-refractivity contribution in [1.29, 1.82) is 0 Å². The first kappa shape index (κ1) is 29.8. The molecule has 0 aliphatic carbocycles. The normalized spacial score (nSPS) is 9.46. The molecule has 3 nitrogen and oxygen atoms in total. The Bertz CT molecular complexity index is 311. The van der Waals surface area contributed by atoms with Crippen LogP contribution < -0.4 is 0 Å². The standard InChI is InChI=1S/C9H18O.2C7H14O/c1-3-5-7-9(10)8-6-4-2;1-3-4-5-6-7(2)8;1-3-5-6-7(8)4-2/h3-8H2,1-2H3;2*3-6H2,1-2H3. The molecule has 0 saturated heterocycles. The Hall–Kier alpha value is -0.990. The van der Waals surface area contributed by atoms with E-state index in [4.69, 9.17) is 0 Å². The number of carbonyl (C=O) groups is 3. The van der Waals surface area contributed by atoms with E-state index >= 15 is 0 Å². The zero-order chi connectivity index (χ0) is 20.6. The van der Waals surface area contributed by atoms with Gasteiger partial charge in [0.2, 0.25) is 0 Å². The van der Waals surface area contributed by atoms with Crippen molar-refractivity contribution >= 4 is 17.3 Å². The Kier molecular flexibility index (Phi) is 30.0. The van der Waals surface area contributed by atoms with Crippen LogP contribution >= 0.6 is 0 Å². The molecule has 0 saturated carbocycles. The quantitative estimate of drug-likeness (QED) is 0.303. The predicted octanol–water partition coefficient (Wildman–Crippen LogP) is 7.25. The van der Waals surface area contributed by atoms with Gasteiger partial charge in [-0.2, -0.15) is 0 Å². The average molecular weight is 371 g/mol. The van der Waals surface area contributed by atoms with Crippen molar-refractivity contribution < 1.29 is 14.4 Å². The topological polar surface area (TPSA) is 51.2 Å². The lowest BCUT2D eigenvalue weighted by Gasteiger charge is -1.96. The van der Waals surface area contributed by atoms with Crippen LogP contribution in [0.15, 0.2) is 0 Å². The number of hydrogen-bond acceptors (Lipinski definition) is 3. The molecule has 0 bridgehead atoms. The highest BCUT2D eigenvalue weighted by Crippen LogP contribution is 2.02. The third kappa shape index (κ3) is 34.4. The van der Waals surface area contributed by atoms with Crippen LogP contribution in [0, 0.1) is 0 Å². The van der Waals surface area contributed by atoms with Crippen LogP contribution in [0.1, 0.15) is 131 Å². The number of unbranched alkanes of at least 4 members (excludes halogenated alkanes) is 5. The van der Waals surface area contributed by atoms with Gasteiger partial charge in [-0.1, -0.05) is 66.7 Å². The molecule has 0 unspecified atom stereocenters. The third-order valence-corrected chi connectivity index (χ3v) is 3.95. The fourth-order valence-electron chi connectivity index (χ4n) is 2.05. The average Bonchev–Trinajstić information content (AvgIpc) is 2.63. The van der Waals surface area contributed by atoms with Crippen molar-refractivity contribution in [3.63, 3.8) is 0 Å². The minimum Gasteiger partial charge on any atom is -0.300 e. The maximum absolute atomic E-state index is 11.0. The van der Waals surface area contributed by atoms with Gasteiger partial charge in [0.15, 0.2) is 0 Å². The fourth-order valence-corrected chi connectivity index (χ4v) is 2.05. The summed E-state index contributed by atoms with van der Waals surface area (Å²) in [5, 5.41) is 0. The molecule has 0 heterocycles. The Morgan fingerprint density at radius 3 is 1.19 bits per heavy atom. The van der Waals surface area contributed by atoms with Gasteiger partial charge in [-0.05, 0) is 32.6 Å². The summed E-state index contributed by atoms with van der Waals surface area (Å²) >= 11 is 0. The second-order valence-corrected chi connectivity index (χ2v) is 6.90. The van der Waals surface area contributed by atoms with E-state index < -0.39 is 0 Å². The van der Waals surface area contributed by atoms with E-state index in [0.717, 1.165) is 70.6 Å². The minimum absolute atomic E-state index is 0.318. The van der Waals surface area contributed by atoms with Gasteiger partial charge in [0.05, 0.1) is 0 Å². The van der Waals surface area contributed by atoms with Crippen LogP contribution in [0.25, 0.3) is 0 Å². The van der Waals surface area contributed by atoms with Crippen LogP contribution in [0.4, 0.5) is 0 Å². The van der Waals surface area contributed by atoms with Crippen LogP contribution in [-0.2, 0) is 14.4 Å². The second kappa shape index (κ2) is 26.2. The SMILES string of the molecule is CCCCC(=O)CC.CCCCC(=O)CCCC.CCCCCC(C)=O. The highest BCUT2D eigenvalue weighted by molar-refractivity contribution is 5.78. The highest BCUT2D eigenvalue weighted by Gasteiger charge is 1.98. The van der Waals surface area contributed by atoms with Crippen molar-refractivity contribution in [3.05, 3.63) is 0 Å². The molecular weight excluding hydrogens is 324 g/mol. The van der Waals surface area contributed by atoms with E-state index in [0.29, 0.717) is 23.8 Å². The maximum Gasteiger partial charge on any atom is 0.132 e. The van der Waals surface area contributed by atoms with Gasteiger partial charge in [0.25, 0.3) is 0 Å². The first-order valence-electron chi connectivity index (χ1n) is 10.9. The first-order valence-corrected chi connectivity index (χ1v) is 10.9.